The molecule has 0 aliphatic rings. The molecular weight excluding hydrogens is 356 g/mol. The number of ether oxygens (including phenoxy) is 1. The van der Waals surface area contributed by atoms with Gasteiger partial charge in [-0.2, -0.15) is 15.5 Å². The van der Waals surface area contributed by atoms with Gasteiger partial charge in [0.1, 0.15) is 5.75 Å². The number of rotatable bonds is 5. The van der Waals surface area contributed by atoms with Crippen molar-refractivity contribution in [2.24, 2.45) is 0 Å². The second-order valence-electron chi connectivity index (χ2n) is 6.18. The van der Waals surface area contributed by atoms with Gasteiger partial charge >= 0.3 is 0 Å². The Bertz CT molecular complexity index is 1200. The third kappa shape index (κ3) is 3.41. The second-order valence-corrected chi connectivity index (χ2v) is 6.18. The summed E-state index contributed by atoms with van der Waals surface area (Å²) in [4.78, 5) is 12.6. The maximum Gasteiger partial charge on any atom is 0.276 e. The van der Waals surface area contributed by atoms with E-state index in [1.165, 1.54) is 0 Å². The van der Waals surface area contributed by atoms with Gasteiger partial charge in [0.05, 0.1) is 42.7 Å². The molecule has 4 rings (SSSR count). The number of aromatic nitrogens is 4. The second kappa shape index (κ2) is 7.25. The monoisotopic (exact) mass is 372 g/mol. The van der Waals surface area contributed by atoms with Crippen molar-refractivity contribution in [3.8, 4) is 11.8 Å². The first-order valence-corrected chi connectivity index (χ1v) is 8.51. The minimum Gasteiger partial charge on any atom is -0.497 e. The molecule has 0 radical (unpaired) electrons. The Morgan fingerprint density at radius 1 is 1.32 bits per heavy atom. The molecule has 1 amide bonds. The van der Waals surface area contributed by atoms with E-state index in [9.17, 15) is 4.79 Å². The van der Waals surface area contributed by atoms with Gasteiger partial charge in [0.25, 0.3) is 5.91 Å². The molecule has 28 heavy (non-hydrogen) atoms. The molecule has 2 aromatic carbocycles. The zero-order valence-corrected chi connectivity index (χ0v) is 15.0. The van der Waals surface area contributed by atoms with Crippen molar-refractivity contribution in [2.75, 3.05) is 12.4 Å². The van der Waals surface area contributed by atoms with E-state index < -0.39 is 0 Å². The van der Waals surface area contributed by atoms with Crippen LogP contribution in [0.15, 0.2) is 54.9 Å². The third-order valence-corrected chi connectivity index (χ3v) is 4.28. The molecule has 8 nitrogen and oxygen atoms in total. The molecule has 0 unspecified atom stereocenters. The van der Waals surface area contributed by atoms with Crippen molar-refractivity contribution in [3.63, 3.8) is 0 Å². The molecule has 8 heteroatoms. The van der Waals surface area contributed by atoms with E-state index in [1.54, 1.807) is 48.5 Å². The van der Waals surface area contributed by atoms with Crippen LogP contribution in [0.2, 0.25) is 0 Å². The zero-order valence-electron chi connectivity index (χ0n) is 15.0. The van der Waals surface area contributed by atoms with Crippen LogP contribution in [0.3, 0.4) is 0 Å². The summed E-state index contributed by atoms with van der Waals surface area (Å²) in [6.45, 7) is 0.497. The fourth-order valence-corrected chi connectivity index (χ4v) is 2.93. The number of nitriles is 1. The fraction of sp³-hybridized carbons (Fsp3) is 0.100. The van der Waals surface area contributed by atoms with Crippen LogP contribution >= 0.6 is 0 Å². The Hall–Kier alpha value is -4.12. The number of amides is 1. The third-order valence-electron chi connectivity index (χ3n) is 4.28. The molecule has 0 aliphatic heterocycles. The zero-order chi connectivity index (χ0) is 19.5. The molecule has 0 aliphatic carbocycles. The lowest BCUT2D eigenvalue weighted by atomic mass is 10.1. The van der Waals surface area contributed by atoms with Crippen molar-refractivity contribution in [3.05, 3.63) is 71.7 Å². The maximum atomic E-state index is 12.6. The summed E-state index contributed by atoms with van der Waals surface area (Å²) >= 11 is 0. The number of nitrogens with zero attached hydrogens (tertiary/aromatic N) is 4. The minimum atomic E-state index is -0.331. The van der Waals surface area contributed by atoms with Crippen LogP contribution in [-0.2, 0) is 6.54 Å². The number of anilines is 1. The van der Waals surface area contributed by atoms with Crippen LogP contribution in [-0.4, -0.2) is 33.0 Å². The largest absolute Gasteiger partial charge is 0.497 e. The Morgan fingerprint density at radius 3 is 3.04 bits per heavy atom. The molecular formula is C20H16N6O2. The quantitative estimate of drug-likeness (QED) is 0.560. The highest BCUT2D eigenvalue weighted by molar-refractivity contribution is 6.11. The molecule has 0 saturated heterocycles. The number of methoxy groups -OCH3 is 1. The van der Waals surface area contributed by atoms with Crippen molar-refractivity contribution < 1.29 is 9.53 Å². The van der Waals surface area contributed by atoms with Crippen molar-refractivity contribution in [1.29, 1.82) is 5.26 Å². The lowest BCUT2D eigenvalue weighted by Crippen LogP contribution is -2.12. The average Bonchev–Trinajstić information content (AvgIpc) is 3.34. The van der Waals surface area contributed by atoms with E-state index in [4.69, 9.17) is 10.00 Å². The van der Waals surface area contributed by atoms with Gasteiger partial charge in [0.15, 0.2) is 5.69 Å². The first-order valence-electron chi connectivity index (χ1n) is 8.51. The van der Waals surface area contributed by atoms with E-state index in [1.807, 2.05) is 18.2 Å². The molecule has 0 atom stereocenters. The predicted octanol–water partition coefficient (Wildman–Crippen LogP) is 2.94. The smallest absolute Gasteiger partial charge is 0.276 e. The van der Waals surface area contributed by atoms with E-state index >= 15 is 0 Å². The van der Waals surface area contributed by atoms with Crippen LogP contribution < -0.4 is 10.1 Å². The Morgan fingerprint density at radius 2 is 2.21 bits per heavy atom. The molecule has 4 aromatic rings. The van der Waals surface area contributed by atoms with Crippen molar-refractivity contribution in [2.45, 2.75) is 6.54 Å². The molecule has 0 bridgehead atoms. The van der Waals surface area contributed by atoms with Gasteiger partial charge < -0.3 is 10.1 Å². The van der Waals surface area contributed by atoms with E-state index in [0.717, 1.165) is 11.1 Å². The lowest BCUT2D eigenvalue weighted by molar-refractivity contribution is 0.102. The summed E-state index contributed by atoms with van der Waals surface area (Å²) in [7, 11) is 1.58. The summed E-state index contributed by atoms with van der Waals surface area (Å²) in [5.41, 5.74) is 3.13. The molecule has 2 heterocycles. The number of hydrogen-bond acceptors (Lipinski definition) is 5. The maximum absolute atomic E-state index is 12.6. The summed E-state index contributed by atoms with van der Waals surface area (Å²) < 4.78 is 6.87. The summed E-state index contributed by atoms with van der Waals surface area (Å²) in [5.74, 6) is 0.354. The van der Waals surface area contributed by atoms with Crippen LogP contribution in [0.1, 0.15) is 21.6 Å². The summed E-state index contributed by atoms with van der Waals surface area (Å²) in [6.07, 6.45) is 3.30. The van der Waals surface area contributed by atoms with E-state index in [-0.39, 0.29) is 5.91 Å². The normalized spacial score (nSPS) is 10.6. The van der Waals surface area contributed by atoms with E-state index in [0.29, 0.717) is 34.6 Å². The minimum absolute atomic E-state index is 0.298. The SMILES string of the molecule is COc1ccc2c(C(=O)Nc3cnn(Cc4cccc(C#N)c4)c3)n[nH]c2c1. The highest BCUT2D eigenvalue weighted by Gasteiger charge is 2.15. The van der Waals surface area contributed by atoms with Gasteiger partial charge in [-0.25, -0.2) is 0 Å². The standard InChI is InChI=1S/C20H16N6O2/c1-28-16-5-6-17-18(8-16)24-25-19(17)20(27)23-15-10-22-26(12-15)11-14-4-2-3-13(7-14)9-21/h2-8,10,12H,11H2,1H3,(H,23,27)(H,24,25). The molecule has 138 valence electrons. The number of aromatic amines is 1. The number of fused-ring (bicyclic) bond motifs is 1. The first kappa shape index (κ1) is 17.3. The topological polar surface area (TPSA) is 109 Å². The van der Waals surface area contributed by atoms with Gasteiger partial charge in [-0.3, -0.25) is 14.6 Å². The Balaban J connectivity index is 1.49. The summed E-state index contributed by atoms with van der Waals surface area (Å²) in [5, 5.41) is 23.7. The van der Waals surface area contributed by atoms with E-state index in [2.05, 4.69) is 26.7 Å². The predicted molar refractivity (Wildman–Crippen MR) is 103 cm³/mol. The average molecular weight is 372 g/mol. The number of carbonyl (C=O) groups is 1. The van der Waals surface area contributed by atoms with Gasteiger partial charge in [-0.05, 0) is 29.8 Å². The van der Waals surface area contributed by atoms with Crippen LogP contribution in [0.5, 0.6) is 5.75 Å². The van der Waals surface area contributed by atoms with Gasteiger partial charge in [0.2, 0.25) is 0 Å². The molecule has 0 saturated carbocycles. The van der Waals surface area contributed by atoms with Crippen molar-refractivity contribution in [1.82, 2.24) is 20.0 Å². The highest BCUT2D eigenvalue weighted by Crippen LogP contribution is 2.22. The van der Waals surface area contributed by atoms with Gasteiger partial charge in [0, 0.05) is 17.6 Å². The fourth-order valence-electron chi connectivity index (χ4n) is 2.93. The van der Waals surface area contributed by atoms with Gasteiger partial charge in [-0.15, -0.1) is 0 Å². The molecule has 0 fully saturated rings. The summed E-state index contributed by atoms with van der Waals surface area (Å²) in [6, 6.07) is 14.8. The number of carbonyl (C=O) groups excluding carboxylic acids is 1. The van der Waals surface area contributed by atoms with Crippen LogP contribution in [0.4, 0.5) is 5.69 Å². The van der Waals surface area contributed by atoms with Crippen LogP contribution in [0.25, 0.3) is 10.9 Å². The molecule has 0 spiro atoms. The number of H-pyrrole nitrogens is 1. The number of benzene rings is 2. The number of hydrogen-bond donors (Lipinski definition) is 2. The first-order chi connectivity index (χ1) is 13.7. The van der Waals surface area contributed by atoms with Crippen molar-refractivity contribution >= 4 is 22.5 Å². The highest BCUT2D eigenvalue weighted by atomic mass is 16.5. The Kier molecular flexibility index (Phi) is 4.48. The molecule has 2 N–H and O–H groups in total. The Labute approximate surface area is 160 Å². The van der Waals surface area contributed by atoms with Gasteiger partial charge in [-0.1, -0.05) is 12.1 Å². The van der Waals surface area contributed by atoms with Crippen LogP contribution in [0, 0.1) is 11.3 Å². The molecule has 2 aromatic heterocycles. The lowest BCUT2D eigenvalue weighted by Gasteiger charge is -2.03. The number of nitrogens with one attached hydrogen (secondary N) is 2.